The molecule has 0 saturated carbocycles. The van der Waals surface area contributed by atoms with Gasteiger partial charge < -0.3 is 5.32 Å². The fourth-order valence-electron chi connectivity index (χ4n) is 2.55. The molecule has 1 N–H and O–H groups in total. The van der Waals surface area contributed by atoms with E-state index in [1.165, 1.54) is 0 Å². The molecule has 4 nitrogen and oxygen atoms in total. The molecule has 1 atom stereocenters. The van der Waals surface area contributed by atoms with E-state index >= 15 is 0 Å². The molecular weight excluding hydrogens is 472 g/mol. The lowest BCUT2D eigenvalue weighted by Crippen LogP contribution is -2.13. The monoisotopic (exact) mass is 488 g/mol. The lowest BCUT2D eigenvalue weighted by atomic mass is 10.0. The van der Waals surface area contributed by atoms with Crippen LogP contribution >= 0.6 is 32.9 Å². The molecule has 1 aromatic heterocycles. The number of alkyl halides is 1. The zero-order valence-corrected chi connectivity index (χ0v) is 17.9. The van der Waals surface area contributed by atoms with Gasteiger partial charge in [-0.3, -0.25) is 9.59 Å². The molecular formula is C21H18Br2N2O2. The van der Waals surface area contributed by atoms with Crippen molar-refractivity contribution in [1.82, 2.24) is 4.98 Å². The fourth-order valence-corrected chi connectivity index (χ4v) is 3.10. The van der Waals surface area contributed by atoms with Gasteiger partial charge in [0.1, 0.15) is 10.6 Å². The van der Waals surface area contributed by atoms with E-state index in [1.807, 2.05) is 31.2 Å². The SMILES string of the molecule is Br.Cc1cccc(C(=O)C(Br)c2ccnc(NC(=O)c3ccccc3)c2)c1. The molecule has 0 spiro atoms. The second-order valence-electron chi connectivity index (χ2n) is 5.89. The molecule has 0 aliphatic carbocycles. The number of ketones is 1. The number of rotatable bonds is 5. The normalized spacial score (nSPS) is 11.2. The van der Waals surface area contributed by atoms with Gasteiger partial charge in [0.05, 0.1) is 0 Å². The van der Waals surface area contributed by atoms with E-state index in [-0.39, 0.29) is 28.7 Å². The Labute approximate surface area is 176 Å². The maximum atomic E-state index is 12.7. The van der Waals surface area contributed by atoms with Crippen LogP contribution in [0.4, 0.5) is 5.82 Å². The quantitative estimate of drug-likeness (QED) is 0.378. The van der Waals surface area contributed by atoms with Gasteiger partial charge >= 0.3 is 0 Å². The Morgan fingerprint density at radius 2 is 1.67 bits per heavy atom. The van der Waals surface area contributed by atoms with E-state index in [2.05, 4.69) is 26.2 Å². The first-order valence-electron chi connectivity index (χ1n) is 8.12. The molecule has 6 heteroatoms. The number of anilines is 1. The number of carbonyl (C=O) groups excluding carboxylic acids is 2. The number of hydrogen-bond donors (Lipinski definition) is 1. The number of amides is 1. The number of benzene rings is 2. The molecule has 1 unspecified atom stereocenters. The van der Waals surface area contributed by atoms with Crippen LogP contribution in [0.1, 0.15) is 36.7 Å². The lowest BCUT2D eigenvalue weighted by molar-refractivity contribution is 0.0990. The summed E-state index contributed by atoms with van der Waals surface area (Å²) in [6, 6.07) is 19.8. The first-order valence-corrected chi connectivity index (χ1v) is 9.03. The summed E-state index contributed by atoms with van der Waals surface area (Å²) in [4.78, 5) is 28.6. The maximum Gasteiger partial charge on any atom is 0.256 e. The van der Waals surface area contributed by atoms with Crippen LogP contribution in [0.5, 0.6) is 0 Å². The molecule has 3 rings (SSSR count). The van der Waals surface area contributed by atoms with Crippen LogP contribution in [0.3, 0.4) is 0 Å². The molecule has 0 fully saturated rings. The van der Waals surface area contributed by atoms with Gasteiger partial charge in [-0.15, -0.1) is 17.0 Å². The van der Waals surface area contributed by atoms with Crippen molar-refractivity contribution in [1.29, 1.82) is 0 Å². The minimum atomic E-state index is -0.514. The number of nitrogens with zero attached hydrogens (tertiary/aromatic N) is 1. The van der Waals surface area contributed by atoms with E-state index < -0.39 is 4.83 Å². The third-order valence-electron chi connectivity index (χ3n) is 3.89. The number of aromatic nitrogens is 1. The molecule has 0 aliphatic rings. The predicted molar refractivity (Wildman–Crippen MR) is 116 cm³/mol. The predicted octanol–water partition coefficient (Wildman–Crippen LogP) is 5.54. The third kappa shape index (κ3) is 5.34. The summed E-state index contributed by atoms with van der Waals surface area (Å²) in [6.45, 7) is 1.95. The van der Waals surface area contributed by atoms with Crippen LogP contribution in [0.25, 0.3) is 0 Å². The zero-order valence-electron chi connectivity index (χ0n) is 14.6. The van der Waals surface area contributed by atoms with Gasteiger partial charge in [0.25, 0.3) is 5.91 Å². The van der Waals surface area contributed by atoms with Gasteiger partial charge in [-0.05, 0) is 42.8 Å². The first kappa shape index (κ1) is 21.0. The molecule has 1 heterocycles. The van der Waals surface area contributed by atoms with Crippen molar-refractivity contribution in [2.75, 3.05) is 5.32 Å². The largest absolute Gasteiger partial charge is 0.307 e. The Morgan fingerprint density at radius 3 is 2.37 bits per heavy atom. The Bertz CT molecular complexity index is 946. The van der Waals surface area contributed by atoms with Crippen molar-refractivity contribution < 1.29 is 9.59 Å². The van der Waals surface area contributed by atoms with Gasteiger partial charge in [-0.1, -0.05) is 57.9 Å². The van der Waals surface area contributed by atoms with Crippen molar-refractivity contribution >= 4 is 50.4 Å². The number of carbonyl (C=O) groups is 2. The fraction of sp³-hybridized carbons (Fsp3) is 0.0952. The smallest absolute Gasteiger partial charge is 0.256 e. The van der Waals surface area contributed by atoms with Gasteiger partial charge in [0.2, 0.25) is 0 Å². The van der Waals surface area contributed by atoms with Gasteiger partial charge in [0, 0.05) is 17.3 Å². The number of aryl methyl sites for hydroxylation is 1. The van der Waals surface area contributed by atoms with Crippen LogP contribution in [0, 0.1) is 6.92 Å². The number of pyridine rings is 1. The van der Waals surface area contributed by atoms with Gasteiger partial charge in [-0.25, -0.2) is 4.98 Å². The summed E-state index contributed by atoms with van der Waals surface area (Å²) in [7, 11) is 0. The van der Waals surface area contributed by atoms with Crippen LogP contribution in [0.2, 0.25) is 0 Å². The molecule has 27 heavy (non-hydrogen) atoms. The van der Waals surface area contributed by atoms with Crippen molar-refractivity contribution in [2.24, 2.45) is 0 Å². The zero-order chi connectivity index (χ0) is 18.5. The van der Waals surface area contributed by atoms with Crippen molar-refractivity contribution in [3.63, 3.8) is 0 Å². The highest BCUT2D eigenvalue weighted by Gasteiger charge is 2.20. The molecule has 0 saturated heterocycles. The Hall–Kier alpha value is -2.31. The highest BCUT2D eigenvalue weighted by atomic mass is 79.9. The molecule has 138 valence electrons. The molecule has 2 aromatic carbocycles. The molecule has 1 amide bonds. The summed E-state index contributed by atoms with van der Waals surface area (Å²) in [5.41, 5.74) is 2.94. The van der Waals surface area contributed by atoms with Gasteiger partial charge in [0.15, 0.2) is 5.78 Å². The van der Waals surface area contributed by atoms with Gasteiger partial charge in [-0.2, -0.15) is 0 Å². The molecule has 0 aliphatic heterocycles. The van der Waals surface area contributed by atoms with Crippen LogP contribution in [-0.4, -0.2) is 16.7 Å². The Morgan fingerprint density at radius 1 is 0.963 bits per heavy atom. The van der Waals surface area contributed by atoms with Crippen LogP contribution < -0.4 is 5.32 Å². The van der Waals surface area contributed by atoms with E-state index in [4.69, 9.17) is 0 Å². The van der Waals surface area contributed by atoms with E-state index in [1.54, 1.807) is 48.7 Å². The number of nitrogens with one attached hydrogen (secondary N) is 1. The summed E-state index contributed by atoms with van der Waals surface area (Å²) in [6.07, 6.45) is 1.58. The summed E-state index contributed by atoms with van der Waals surface area (Å²) in [5, 5.41) is 2.76. The number of hydrogen-bond acceptors (Lipinski definition) is 3. The third-order valence-corrected chi connectivity index (χ3v) is 4.83. The number of halogens is 2. The molecule has 3 aromatic rings. The van der Waals surface area contributed by atoms with E-state index in [9.17, 15) is 9.59 Å². The van der Waals surface area contributed by atoms with Crippen LogP contribution in [0.15, 0.2) is 72.9 Å². The molecule has 0 radical (unpaired) electrons. The standard InChI is InChI=1S/C21H17BrN2O2.BrH/c1-14-6-5-9-17(12-14)20(25)19(22)16-10-11-23-18(13-16)24-21(26)15-7-3-2-4-8-15;/h2-13,19H,1H3,(H,23,24,26);1H. The number of Topliss-reactive ketones (excluding diaryl/α,β-unsaturated/α-hetero) is 1. The maximum absolute atomic E-state index is 12.7. The minimum Gasteiger partial charge on any atom is -0.307 e. The Balaban J connectivity index is 0.00000261. The summed E-state index contributed by atoms with van der Waals surface area (Å²) >= 11 is 3.47. The highest BCUT2D eigenvalue weighted by Crippen LogP contribution is 2.28. The molecule has 0 bridgehead atoms. The Kier molecular flexibility index (Phi) is 7.45. The summed E-state index contributed by atoms with van der Waals surface area (Å²) < 4.78 is 0. The highest BCUT2D eigenvalue weighted by molar-refractivity contribution is 9.09. The van der Waals surface area contributed by atoms with Crippen molar-refractivity contribution in [3.8, 4) is 0 Å². The van der Waals surface area contributed by atoms with E-state index in [0.29, 0.717) is 16.9 Å². The van der Waals surface area contributed by atoms with E-state index in [0.717, 1.165) is 11.1 Å². The second-order valence-corrected chi connectivity index (χ2v) is 6.81. The average molecular weight is 490 g/mol. The second kappa shape index (κ2) is 9.58. The van der Waals surface area contributed by atoms with Crippen molar-refractivity contribution in [3.05, 3.63) is 95.2 Å². The first-order chi connectivity index (χ1) is 12.5. The average Bonchev–Trinajstić information content (AvgIpc) is 2.67. The van der Waals surface area contributed by atoms with Crippen LogP contribution in [-0.2, 0) is 0 Å². The topological polar surface area (TPSA) is 59.1 Å². The minimum absolute atomic E-state index is 0. The summed E-state index contributed by atoms with van der Waals surface area (Å²) in [5.74, 6) is 0.115. The van der Waals surface area contributed by atoms with Crippen molar-refractivity contribution in [2.45, 2.75) is 11.8 Å². The lowest BCUT2D eigenvalue weighted by Gasteiger charge is -2.12.